The number of nitrogens with zero attached hydrogens (tertiary/aromatic N) is 1. The van der Waals surface area contributed by atoms with E-state index in [0.717, 1.165) is 26.1 Å². The quantitative estimate of drug-likeness (QED) is 0.835. The minimum atomic E-state index is -0.247. The Balaban J connectivity index is 2.01. The molecule has 0 bridgehead atoms. The maximum atomic E-state index is 9.90. The SMILES string of the molecule is CCC(O)CN(Cc1ccccc1)Cc1cccs1. The fourth-order valence-electron chi connectivity index (χ4n) is 2.08. The summed E-state index contributed by atoms with van der Waals surface area (Å²) in [5.74, 6) is 0. The molecule has 0 amide bonds. The molecule has 2 rings (SSSR count). The van der Waals surface area contributed by atoms with Crippen LogP contribution in [0.25, 0.3) is 0 Å². The Morgan fingerprint density at radius 2 is 1.89 bits per heavy atom. The van der Waals surface area contributed by atoms with Crippen LogP contribution in [0.3, 0.4) is 0 Å². The van der Waals surface area contributed by atoms with E-state index < -0.39 is 0 Å². The van der Waals surface area contributed by atoms with Crippen molar-refractivity contribution in [1.82, 2.24) is 4.90 Å². The highest BCUT2D eigenvalue weighted by Gasteiger charge is 2.12. The lowest BCUT2D eigenvalue weighted by Gasteiger charge is -2.24. The predicted molar refractivity (Wildman–Crippen MR) is 81.2 cm³/mol. The highest BCUT2D eigenvalue weighted by atomic mass is 32.1. The average molecular weight is 275 g/mol. The maximum Gasteiger partial charge on any atom is 0.0664 e. The molecular weight excluding hydrogens is 254 g/mol. The van der Waals surface area contributed by atoms with Crippen molar-refractivity contribution in [2.75, 3.05) is 6.54 Å². The number of aliphatic hydroxyl groups excluding tert-OH is 1. The standard InChI is InChI=1S/C16H21NOS/c1-2-15(18)12-17(13-16-9-6-10-19-16)11-14-7-4-3-5-8-14/h3-10,15,18H,2,11-13H2,1H3. The second kappa shape index (κ2) is 7.43. The Morgan fingerprint density at radius 3 is 2.53 bits per heavy atom. The summed E-state index contributed by atoms with van der Waals surface area (Å²) in [5.41, 5.74) is 1.29. The third-order valence-electron chi connectivity index (χ3n) is 3.15. The molecule has 1 N–H and O–H groups in total. The van der Waals surface area contributed by atoms with Crippen molar-refractivity contribution in [3.63, 3.8) is 0 Å². The summed E-state index contributed by atoms with van der Waals surface area (Å²) in [6.45, 7) is 4.54. The van der Waals surface area contributed by atoms with Crippen molar-refractivity contribution < 1.29 is 5.11 Å². The van der Waals surface area contributed by atoms with Gasteiger partial charge in [0.25, 0.3) is 0 Å². The van der Waals surface area contributed by atoms with Crippen molar-refractivity contribution in [3.05, 3.63) is 58.3 Å². The number of hydrogen-bond donors (Lipinski definition) is 1. The minimum absolute atomic E-state index is 0.247. The molecule has 1 aromatic heterocycles. The molecule has 0 saturated carbocycles. The summed E-state index contributed by atoms with van der Waals surface area (Å²) in [7, 11) is 0. The van der Waals surface area contributed by atoms with E-state index in [4.69, 9.17) is 0 Å². The van der Waals surface area contributed by atoms with Gasteiger partial charge in [-0.25, -0.2) is 0 Å². The van der Waals surface area contributed by atoms with Crippen molar-refractivity contribution in [2.24, 2.45) is 0 Å². The Hall–Kier alpha value is -1.16. The van der Waals surface area contributed by atoms with Gasteiger partial charge in [0.15, 0.2) is 0 Å². The second-order valence-corrected chi connectivity index (χ2v) is 5.83. The Morgan fingerprint density at radius 1 is 1.11 bits per heavy atom. The summed E-state index contributed by atoms with van der Waals surface area (Å²) < 4.78 is 0. The van der Waals surface area contributed by atoms with Gasteiger partial charge in [0.1, 0.15) is 0 Å². The normalized spacial score (nSPS) is 12.8. The molecule has 0 saturated heterocycles. The van der Waals surface area contributed by atoms with Crippen molar-refractivity contribution in [3.8, 4) is 0 Å². The van der Waals surface area contributed by atoms with Gasteiger partial charge >= 0.3 is 0 Å². The average Bonchev–Trinajstić information content (AvgIpc) is 2.92. The van der Waals surface area contributed by atoms with Crippen molar-refractivity contribution >= 4 is 11.3 Å². The molecule has 1 unspecified atom stereocenters. The van der Waals surface area contributed by atoms with Crippen molar-refractivity contribution in [1.29, 1.82) is 0 Å². The zero-order valence-corrected chi connectivity index (χ0v) is 12.1. The molecule has 0 radical (unpaired) electrons. The van der Waals surface area contributed by atoms with Gasteiger partial charge in [0.2, 0.25) is 0 Å². The van der Waals surface area contributed by atoms with Crippen LogP contribution in [0.5, 0.6) is 0 Å². The first-order valence-electron chi connectivity index (χ1n) is 6.74. The van der Waals surface area contributed by atoms with Gasteiger partial charge in [0, 0.05) is 24.5 Å². The molecule has 0 spiro atoms. The Labute approximate surface area is 119 Å². The fourth-order valence-corrected chi connectivity index (χ4v) is 2.82. The van der Waals surface area contributed by atoms with Crippen LogP contribution >= 0.6 is 11.3 Å². The molecule has 0 aliphatic carbocycles. The number of aliphatic hydroxyl groups is 1. The zero-order chi connectivity index (χ0) is 13.5. The smallest absolute Gasteiger partial charge is 0.0664 e. The molecule has 102 valence electrons. The minimum Gasteiger partial charge on any atom is -0.392 e. The molecular formula is C16H21NOS. The highest BCUT2D eigenvalue weighted by molar-refractivity contribution is 7.09. The number of thiophene rings is 1. The first kappa shape index (κ1) is 14.3. The Bertz CT molecular complexity index is 455. The Kier molecular flexibility index (Phi) is 5.58. The molecule has 2 nitrogen and oxygen atoms in total. The molecule has 2 aromatic rings. The van der Waals surface area contributed by atoms with Crippen LogP contribution < -0.4 is 0 Å². The molecule has 1 heterocycles. The van der Waals surface area contributed by atoms with Crippen LogP contribution in [0.1, 0.15) is 23.8 Å². The third kappa shape index (κ3) is 4.78. The van der Waals surface area contributed by atoms with E-state index in [2.05, 4.69) is 46.7 Å². The second-order valence-electron chi connectivity index (χ2n) is 4.80. The monoisotopic (exact) mass is 275 g/mol. The first-order valence-corrected chi connectivity index (χ1v) is 7.62. The summed E-state index contributed by atoms with van der Waals surface area (Å²) >= 11 is 1.77. The lowest BCUT2D eigenvalue weighted by Crippen LogP contribution is -2.31. The van der Waals surface area contributed by atoms with Gasteiger partial charge < -0.3 is 5.11 Å². The zero-order valence-electron chi connectivity index (χ0n) is 11.3. The molecule has 19 heavy (non-hydrogen) atoms. The van der Waals surface area contributed by atoms with E-state index in [1.807, 2.05) is 13.0 Å². The first-order chi connectivity index (χ1) is 9.28. The molecule has 1 aromatic carbocycles. The lowest BCUT2D eigenvalue weighted by atomic mass is 10.2. The van der Waals surface area contributed by atoms with E-state index in [1.54, 1.807) is 11.3 Å². The van der Waals surface area contributed by atoms with Gasteiger partial charge in [-0.05, 0) is 23.4 Å². The van der Waals surface area contributed by atoms with Gasteiger partial charge in [-0.1, -0.05) is 43.3 Å². The van der Waals surface area contributed by atoms with E-state index in [9.17, 15) is 5.11 Å². The highest BCUT2D eigenvalue weighted by Crippen LogP contribution is 2.15. The topological polar surface area (TPSA) is 23.5 Å². The van der Waals surface area contributed by atoms with E-state index in [-0.39, 0.29) is 6.10 Å². The van der Waals surface area contributed by atoms with E-state index >= 15 is 0 Å². The van der Waals surface area contributed by atoms with Crippen LogP contribution in [0.15, 0.2) is 47.8 Å². The lowest BCUT2D eigenvalue weighted by molar-refractivity contribution is 0.102. The van der Waals surface area contributed by atoms with Crippen LogP contribution in [0.4, 0.5) is 0 Å². The van der Waals surface area contributed by atoms with Crippen molar-refractivity contribution in [2.45, 2.75) is 32.5 Å². The largest absolute Gasteiger partial charge is 0.392 e. The number of benzene rings is 1. The summed E-state index contributed by atoms with van der Waals surface area (Å²) in [6, 6.07) is 14.7. The third-order valence-corrected chi connectivity index (χ3v) is 4.01. The molecule has 1 atom stereocenters. The van der Waals surface area contributed by atoms with Crippen LogP contribution in [0, 0.1) is 0 Å². The number of rotatable bonds is 7. The summed E-state index contributed by atoms with van der Waals surface area (Å²) in [6.07, 6.45) is 0.555. The summed E-state index contributed by atoms with van der Waals surface area (Å²) in [5, 5.41) is 12.0. The fraction of sp³-hybridized carbons (Fsp3) is 0.375. The van der Waals surface area contributed by atoms with Gasteiger partial charge in [-0.2, -0.15) is 0 Å². The summed E-state index contributed by atoms with van der Waals surface area (Å²) in [4.78, 5) is 3.66. The van der Waals surface area contributed by atoms with Gasteiger partial charge in [0.05, 0.1) is 6.10 Å². The molecule has 3 heteroatoms. The van der Waals surface area contributed by atoms with Crippen LogP contribution in [0.2, 0.25) is 0 Å². The molecule has 0 aliphatic heterocycles. The van der Waals surface area contributed by atoms with Gasteiger partial charge in [-0.15, -0.1) is 11.3 Å². The predicted octanol–water partition coefficient (Wildman–Crippen LogP) is 3.52. The molecule has 0 fully saturated rings. The number of hydrogen-bond acceptors (Lipinski definition) is 3. The van der Waals surface area contributed by atoms with Gasteiger partial charge in [-0.3, -0.25) is 4.90 Å². The van der Waals surface area contributed by atoms with E-state index in [1.165, 1.54) is 10.4 Å². The van der Waals surface area contributed by atoms with E-state index in [0.29, 0.717) is 0 Å². The van der Waals surface area contributed by atoms with Crippen LogP contribution in [-0.4, -0.2) is 22.7 Å². The maximum absolute atomic E-state index is 9.90. The van der Waals surface area contributed by atoms with Crippen LogP contribution in [-0.2, 0) is 13.1 Å². The molecule has 0 aliphatic rings.